The average molecular weight is 358 g/mol. The first-order chi connectivity index (χ1) is 12.7. The number of hydrogen-bond donors (Lipinski definition) is 1. The van der Waals surface area contributed by atoms with Gasteiger partial charge in [-0.3, -0.25) is 0 Å². The van der Waals surface area contributed by atoms with Crippen LogP contribution < -0.4 is 5.32 Å². The molecule has 0 bridgehead atoms. The minimum Gasteiger partial charge on any atom is -0.339 e. The van der Waals surface area contributed by atoms with Crippen LogP contribution >= 0.6 is 11.3 Å². The van der Waals surface area contributed by atoms with Crippen LogP contribution in [0.25, 0.3) is 21.8 Å². The largest absolute Gasteiger partial charge is 0.339 e. The topological polar surface area (TPSA) is 50.7 Å². The van der Waals surface area contributed by atoms with Crippen molar-refractivity contribution in [3.63, 3.8) is 0 Å². The summed E-state index contributed by atoms with van der Waals surface area (Å²) in [5.41, 5.74) is 6.41. The van der Waals surface area contributed by atoms with Crippen LogP contribution in [-0.2, 0) is 0 Å². The van der Waals surface area contributed by atoms with Crippen molar-refractivity contribution in [1.29, 1.82) is 0 Å². The number of rotatable bonds is 4. The monoisotopic (exact) mass is 358 g/mol. The smallest absolute Gasteiger partial charge is 0.153 e. The summed E-state index contributed by atoms with van der Waals surface area (Å²) in [6.07, 6.45) is 0. The van der Waals surface area contributed by atoms with Gasteiger partial charge in [0.1, 0.15) is 5.01 Å². The van der Waals surface area contributed by atoms with E-state index in [-0.39, 0.29) is 0 Å². The van der Waals surface area contributed by atoms with Gasteiger partial charge in [0.05, 0.1) is 11.4 Å². The van der Waals surface area contributed by atoms with Gasteiger partial charge in [0.2, 0.25) is 0 Å². The van der Waals surface area contributed by atoms with E-state index >= 15 is 0 Å². The van der Waals surface area contributed by atoms with Gasteiger partial charge in [-0.05, 0) is 43.7 Å². The third-order valence-corrected chi connectivity index (χ3v) is 5.01. The van der Waals surface area contributed by atoms with E-state index in [2.05, 4.69) is 64.2 Å². The zero-order valence-electron chi connectivity index (χ0n) is 14.6. The maximum absolute atomic E-state index is 4.81. The summed E-state index contributed by atoms with van der Waals surface area (Å²) >= 11 is 1.67. The fourth-order valence-electron chi connectivity index (χ4n) is 2.68. The molecule has 2 heterocycles. The van der Waals surface area contributed by atoms with Gasteiger partial charge in [-0.25, -0.2) is 4.98 Å². The third kappa shape index (κ3) is 3.48. The molecular formula is C21H18N4S. The number of hydrogen-bond acceptors (Lipinski definition) is 5. The molecule has 0 fully saturated rings. The van der Waals surface area contributed by atoms with Gasteiger partial charge in [0.15, 0.2) is 5.82 Å². The molecular weight excluding hydrogens is 340 g/mol. The number of anilines is 2. The van der Waals surface area contributed by atoms with Crippen LogP contribution in [0, 0.1) is 13.8 Å². The van der Waals surface area contributed by atoms with Crippen molar-refractivity contribution in [3.05, 3.63) is 77.3 Å². The van der Waals surface area contributed by atoms with Crippen LogP contribution in [0.4, 0.5) is 11.5 Å². The first-order valence-electron chi connectivity index (χ1n) is 8.38. The molecule has 1 N–H and O–H groups in total. The summed E-state index contributed by atoms with van der Waals surface area (Å²) in [4.78, 5) is 4.81. The highest BCUT2D eigenvalue weighted by Crippen LogP contribution is 2.31. The Balaban J connectivity index is 1.54. The fraction of sp³-hybridized carbons (Fsp3) is 0.0952. The Labute approximate surface area is 156 Å². The lowest BCUT2D eigenvalue weighted by Crippen LogP contribution is -1.96. The van der Waals surface area contributed by atoms with E-state index in [0.29, 0.717) is 0 Å². The molecule has 4 aromatic rings. The number of aryl methyl sites for hydroxylation is 2. The predicted molar refractivity (Wildman–Crippen MR) is 108 cm³/mol. The van der Waals surface area contributed by atoms with Gasteiger partial charge in [0.25, 0.3) is 0 Å². The zero-order chi connectivity index (χ0) is 17.9. The Bertz CT molecular complexity index is 1020. The number of aromatic nitrogens is 3. The molecule has 0 amide bonds. The minimum atomic E-state index is 0.735. The highest BCUT2D eigenvalue weighted by molar-refractivity contribution is 7.13. The lowest BCUT2D eigenvalue weighted by molar-refractivity contribution is 0.986. The molecule has 2 aromatic heterocycles. The van der Waals surface area contributed by atoms with Crippen molar-refractivity contribution >= 4 is 22.8 Å². The normalized spacial score (nSPS) is 10.7. The predicted octanol–water partition coefficient (Wildman–Crippen LogP) is 5.63. The number of benzene rings is 2. The molecule has 4 rings (SSSR count). The van der Waals surface area contributed by atoms with Gasteiger partial charge in [0, 0.05) is 22.2 Å². The summed E-state index contributed by atoms with van der Waals surface area (Å²) in [5.74, 6) is 0.735. The van der Waals surface area contributed by atoms with Gasteiger partial charge in [-0.15, -0.1) is 16.4 Å². The lowest BCUT2D eigenvalue weighted by Gasteiger charge is -2.05. The van der Waals surface area contributed by atoms with Crippen molar-refractivity contribution in [2.24, 2.45) is 0 Å². The fourth-order valence-corrected chi connectivity index (χ4v) is 3.60. The van der Waals surface area contributed by atoms with Crippen LogP contribution in [0.3, 0.4) is 0 Å². The second-order valence-electron chi connectivity index (χ2n) is 6.12. The maximum Gasteiger partial charge on any atom is 0.153 e. The minimum absolute atomic E-state index is 0.735. The molecule has 0 atom stereocenters. The highest BCUT2D eigenvalue weighted by Gasteiger charge is 2.08. The van der Waals surface area contributed by atoms with Crippen LogP contribution in [-0.4, -0.2) is 15.2 Å². The molecule has 26 heavy (non-hydrogen) atoms. The summed E-state index contributed by atoms with van der Waals surface area (Å²) in [7, 11) is 0. The molecule has 0 spiro atoms. The van der Waals surface area contributed by atoms with Gasteiger partial charge in [-0.2, -0.15) is 5.10 Å². The molecule has 0 aliphatic rings. The Kier molecular flexibility index (Phi) is 4.46. The Morgan fingerprint density at radius 1 is 0.846 bits per heavy atom. The van der Waals surface area contributed by atoms with E-state index < -0.39 is 0 Å². The van der Waals surface area contributed by atoms with E-state index in [9.17, 15) is 0 Å². The van der Waals surface area contributed by atoms with E-state index in [0.717, 1.165) is 33.5 Å². The molecule has 0 saturated heterocycles. The molecule has 2 aromatic carbocycles. The maximum atomic E-state index is 4.81. The Morgan fingerprint density at radius 2 is 1.65 bits per heavy atom. The van der Waals surface area contributed by atoms with Gasteiger partial charge in [-0.1, -0.05) is 36.4 Å². The molecule has 0 aliphatic carbocycles. The molecule has 5 heteroatoms. The van der Waals surface area contributed by atoms with E-state index in [1.54, 1.807) is 11.3 Å². The van der Waals surface area contributed by atoms with Crippen molar-refractivity contribution in [2.45, 2.75) is 13.8 Å². The summed E-state index contributed by atoms with van der Waals surface area (Å²) in [6, 6.07) is 20.4. The SMILES string of the molecule is Cc1ccc(Nc2ccc(-c3csc(-c4ccccc4C)n3)cc2)nn1. The molecule has 0 saturated carbocycles. The second-order valence-corrected chi connectivity index (χ2v) is 6.97. The quantitative estimate of drug-likeness (QED) is 0.514. The average Bonchev–Trinajstić information content (AvgIpc) is 3.14. The van der Waals surface area contributed by atoms with Crippen molar-refractivity contribution < 1.29 is 0 Å². The second kappa shape index (κ2) is 7.06. The Morgan fingerprint density at radius 3 is 2.38 bits per heavy atom. The molecule has 0 aliphatic heterocycles. The van der Waals surface area contributed by atoms with Crippen molar-refractivity contribution in [3.8, 4) is 21.8 Å². The standard InChI is InChI=1S/C21H18N4S/c1-14-5-3-4-6-18(14)21-23-19(13-26-21)16-8-10-17(11-9-16)22-20-12-7-15(2)24-25-20/h3-13H,1-2H3,(H,22,25). The van der Waals surface area contributed by atoms with E-state index in [1.165, 1.54) is 11.1 Å². The molecule has 128 valence electrons. The first kappa shape index (κ1) is 16.4. The summed E-state index contributed by atoms with van der Waals surface area (Å²) in [5, 5.41) is 14.6. The number of nitrogens with zero attached hydrogens (tertiary/aromatic N) is 3. The zero-order valence-corrected chi connectivity index (χ0v) is 15.4. The van der Waals surface area contributed by atoms with Crippen LogP contribution in [0.15, 0.2) is 66.0 Å². The first-order valence-corrected chi connectivity index (χ1v) is 9.26. The van der Waals surface area contributed by atoms with Crippen molar-refractivity contribution in [2.75, 3.05) is 5.32 Å². The number of thiazole rings is 1. The third-order valence-electron chi connectivity index (χ3n) is 4.13. The highest BCUT2D eigenvalue weighted by atomic mass is 32.1. The van der Waals surface area contributed by atoms with E-state index in [1.807, 2.05) is 31.2 Å². The van der Waals surface area contributed by atoms with Gasteiger partial charge < -0.3 is 5.32 Å². The van der Waals surface area contributed by atoms with E-state index in [4.69, 9.17) is 4.98 Å². The lowest BCUT2D eigenvalue weighted by atomic mass is 10.1. The molecule has 4 nitrogen and oxygen atoms in total. The van der Waals surface area contributed by atoms with Crippen LogP contribution in [0.5, 0.6) is 0 Å². The van der Waals surface area contributed by atoms with Gasteiger partial charge >= 0.3 is 0 Å². The summed E-state index contributed by atoms with van der Waals surface area (Å²) in [6.45, 7) is 4.04. The van der Waals surface area contributed by atoms with Crippen molar-refractivity contribution in [1.82, 2.24) is 15.2 Å². The van der Waals surface area contributed by atoms with Crippen LogP contribution in [0.1, 0.15) is 11.3 Å². The number of nitrogens with one attached hydrogen (secondary N) is 1. The Hall–Kier alpha value is -3.05. The summed E-state index contributed by atoms with van der Waals surface area (Å²) < 4.78 is 0. The van der Waals surface area contributed by atoms with Crippen LogP contribution in [0.2, 0.25) is 0 Å². The molecule has 0 radical (unpaired) electrons. The molecule has 0 unspecified atom stereocenters.